The number of benzene rings is 1. The Morgan fingerprint density at radius 2 is 2.15 bits per heavy atom. The molecule has 0 saturated heterocycles. The van der Waals surface area contributed by atoms with E-state index in [2.05, 4.69) is 27.6 Å². The molecule has 5 heteroatoms. The van der Waals surface area contributed by atoms with Gasteiger partial charge in [-0.2, -0.15) is 0 Å². The number of nitrogens with zero attached hydrogens (tertiary/aromatic N) is 2. The van der Waals surface area contributed by atoms with E-state index in [-0.39, 0.29) is 0 Å². The quantitative estimate of drug-likeness (QED) is 0.670. The van der Waals surface area contributed by atoms with Gasteiger partial charge in [-0.25, -0.2) is 9.98 Å². The van der Waals surface area contributed by atoms with E-state index in [1.54, 1.807) is 11.3 Å². The predicted molar refractivity (Wildman–Crippen MR) is 84.2 cm³/mol. The van der Waals surface area contributed by atoms with Crippen molar-refractivity contribution in [3.05, 3.63) is 45.9 Å². The van der Waals surface area contributed by atoms with E-state index in [1.807, 2.05) is 24.3 Å². The lowest BCUT2D eigenvalue weighted by Crippen LogP contribution is -2.22. The van der Waals surface area contributed by atoms with Crippen molar-refractivity contribution in [3.8, 4) is 0 Å². The molecule has 2 aromatic rings. The molecule has 0 atom stereocenters. The average molecular weight is 286 g/mol. The molecule has 1 aromatic heterocycles. The fourth-order valence-electron chi connectivity index (χ4n) is 1.94. The van der Waals surface area contributed by atoms with Crippen LogP contribution in [0.4, 0.5) is 5.69 Å². The van der Waals surface area contributed by atoms with E-state index in [4.69, 9.17) is 5.73 Å². The van der Waals surface area contributed by atoms with Gasteiger partial charge < -0.3 is 11.1 Å². The van der Waals surface area contributed by atoms with Crippen LogP contribution in [-0.4, -0.2) is 10.9 Å². The minimum atomic E-state index is 0.428. The van der Waals surface area contributed by atoms with Crippen LogP contribution in [-0.2, 0) is 6.54 Å². The van der Waals surface area contributed by atoms with E-state index in [1.165, 1.54) is 24.1 Å². The van der Waals surface area contributed by atoms with Crippen LogP contribution in [0.1, 0.15) is 35.0 Å². The van der Waals surface area contributed by atoms with Crippen molar-refractivity contribution in [2.24, 2.45) is 10.7 Å². The van der Waals surface area contributed by atoms with Crippen molar-refractivity contribution in [1.29, 1.82) is 0 Å². The van der Waals surface area contributed by atoms with Crippen molar-refractivity contribution in [1.82, 2.24) is 4.98 Å². The largest absolute Gasteiger partial charge is 0.370 e. The van der Waals surface area contributed by atoms with Crippen LogP contribution in [0.3, 0.4) is 0 Å². The maximum atomic E-state index is 5.89. The second-order valence-electron chi connectivity index (χ2n) is 5.13. The number of aromatic nitrogens is 1. The molecule has 0 spiro atoms. The Morgan fingerprint density at radius 1 is 1.40 bits per heavy atom. The number of rotatable bonds is 4. The summed E-state index contributed by atoms with van der Waals surface area (Å²) < 4.78 is 0. The highest BCUT2D eigenvalue weighted by atomic mass is 32.1. The monoisotopic (exact) mass is 286 g/mol. The highest BCUT2D eigenvalue weighted by molar-refractivity contribution is 7.09. The summed E-state index contributed by atoms with van der Waals surface area (Å²) in [7, 11) is 0. The number of aliphatic imine (C=N–C) groups is 1. The SMILES string of the molecule is Cc1ccc(NC(N)=NCc2nc(C3CC3)cs2)cc1. The molecule has 3 rings (SSSR count). The lowest BCUT2D eigenvalue weighted by molar-refractivity contribution is 0.970. The van der Waals surface area contributed by atoms with Crippen LogP contribution in [0.2, 0.25) is 0 Å². The third-order valence-electron chi connectivity index (χ3n) is 3.27. The number of hydrogen-bond donors (Lipinski definition) is 2. The minimum absolute atomic E-state index is 0.428. The Bertz CT molecular complexity index is 611. The molecule has 1 fully saturated rings. The third kappa shape index (κ3) is 3.36. The van der Waals surface area contributed by atoms with Crippen molar-refractivity contribution in [2.75, 3.05) is 5.32 Å². The fourth-order valence-corrected chi connectivity index (χ4v) is 2.74. The summed E-state index contributed by atoms with van der Waals surface area (Å²) in [5, 5.41) is 6.26. The second kappa shape index (κ2) is 5.63. The summed E-state index contributed by atoms with van der Waals surface area (Å²) in [6, 6.07) is 8.06. The summed E-state index contributed by atoms with van der Waals surface area (Å²) in [5.74, 6) is 1.13. The first-order valence-electron chi connectivity index (χ1n) is 6.78. The minimum Gasteiger partial charge on any atom is -0.370 e. The molecule has 1 aromatic carbocycles. The van der Waals surface area contributed by atoms with Gasteiger partial charge in [-0.15, -0.1) is 11.3 Å². The number of aryl methyl sites for hydroxylation is 1. The average Bonchev–Trinajstić information content (AvgIpc) is 3.18. The number of guanidine groups is 1. The highest BCUT2D eigenvalue weighted by Gasteiger charge is 2.25. The lowest BCUT2D eigenvalue weighted by Gasteiger charge is -2.05. The topological polar surface area (TPSA) is 63.3 Å². The van der Waals surface area contributed by atoms with E-state index in [9.17, 15) is 0 Å². The second-order valence-corrected chi connectivity index (χ2v) is 6.08. The summed E-state index contributed by atoms with van der Waals surface area (Å²) in [6.07, 6.45) is 2.56. The van der Waals surface area contributed by atoms with Gasteiger partial charge in [-0.3, -0.25) is 0 Å². The number of anilines is 1. The summed E-state index contributed by atoms with van der Waals surface area (Å²) >= 11 is 1.67. The zero-order valence-corrected chi connectivity index (χ0v) is 12.3. The lowest BCUT2D eigenvalue weighted by atomic mass is 10.2. The molecule has 1 aliphatic carbocycles. The summed E-state index contributed by atoms with van der Waals surface area (Å²) in [6.45, 7) is 2.60. The smallest absolute Gasteiger partial charge is 0.193 e. The van der Waals surface area contributed by atoms with Gasteiger partial charge >= 0.3 is 0 Å². The zero-order valence-electron chi connectivity index (χ0n) is 11.5. The summed E-state index contributed by atoms with van der Waals surface area (Å²) in [5.41, 5.74) is 9.29. The number of hydrogen-bond acceptors (Lipinski definition) is 3. The summed E-state index contributed by atoms with van der Waals surface area (Å²) in [4.78, 5) is 8.93. The molecule has 20 heavy (non-hydrogen) atoms. The Balaban J connectivity index is 1.58. The van der Waals surface area contributed by atoms with Gasteiger partial charge in [0, 0.05) is 17.0 Å². The van der Waals surface area contributed by atoms with Crippen molar-refractivity contribution < 1.29 is 0 Å². The van der Waals surface area contributed by atoms with Crippen molar-refractivity contribution >= 4 is 23.0 Å². The van der Waals surface area contributed by atoms with Gasteiger partial charge in [0.05, 0.1) is 12.2 Å². The van der Waals surface area contributed by atoms with Gasteiger partial charge in [-0.1, -0.05) is 17.7 Å². The van der Waals surface area contributed by atoms with Gasteiger partial charge in [0.25, 0.3) is 0 Å². The molecule has 0 aliphatic heterocycles. The molecule has 0 unspecified atom stereocenters. The molecular weight excluding hydrogens is 268 g/mol. The van der Waals surface area contributed by atoms with E-state index >= 15 is 0 Å². The van der Waals surface area contributed by atoms with Crippen LogP contribution < -0.4 is 11.1 Å². The number of nitrogens with two attached hydrogens (primary N) is 1. The van der Waals surface area contributed by atoms with Gasteiger partial charge in [0.2, 0.25) is 0 Å². The molecule has 0 radical (unpaired) electrons. The molecule has 1 saturated carbocycles. The zero-order chi connectivity index (χ0) is 13.9. The Labute approximate surface area is 122 Å². The molecule has 0 amide bonds. The van der Waals surface area contributed by atoms with Crippen LogP contribution >= 0.6 is 11.3 Å². The van der Waals surface area contributed by atoms with Crippen LogP contribution in [0.25, 0.3) is 0 Å². The van der Waals surface area contributed by atoms with E-state index in [0.29, 0.717) is 18.4 Å². The highest BCUT2D eigenvalue weighted by Crippen LogP contribution is 2.40. The first-order chi connectivity index (χ1) is 9.70. The maximum Gasteiger partial charge on any atom is 0.193 e. The van der Waals surface area contributed by atoms with Gasteiger partial charge in [0.1, 0.15) is 5.01 Å². The van der Waals surface area contributed by atoms with Crippen LogP contribution in [0.5, 0.6) is 0 Å². The predicted octanol–water partition coefficient (Wildman–Crippen LogP) is 3.26. The van der Waals surface area contributed by atoms with Crippen molar-refractivity contribution in [3.63, 3.8) is 0 Å². The van der Waals surface area contributed by atoms with Crippen LogP contribution in [0, 0.1) is 6.92 Å². The third-order valence-corrected chi connectivity index (χ3v) is 4.13. The number of nitrogens with one attached hydrogen (secondary N) is 1. The molecule has 4 nitrogen and oxygen atoms in total. The Morgan fingerprint density at radius 3 is 2.85 bits per heavy atom. The van der Waals surface area contributed by atoms with Gasteiger partial charge in [-0.05, 0) is 31.9 Å². The molecule has 1 heterocycles. The Hall–Kier alpha value is -1.88. The van der Waals surface area contributed by atoms with E-state index < -0.39 is 0 Å². The first-order valence-corrected chi connectivity index (χ1v) is 7.66. The molecule has 0 bridgehead atoms. The van der Waals surface area contributed by atoms with E-state index in [0.717, 1.165) is 10.7 Å². The Kier molecular flexibility index (Phi) is 3.69. The molecule has 1 aliphatic rings. The maximum absolute atomic E-state index is 5.89. The van der Waals surface area contributed by atoms with Gasteiger partial charge in [0.15, 0.2) is 5.96 Å². The molecular formula is C15H18N4S. The molecule has 104 valence electrons. The fraction of sp³-hybridized carbons (Fsp3) is 0.333. The first kappa shape index (κ1) is 13.1. The normalized spacial score (nSPS) is 15.3. The molecule has 3 N–H and O–H groups in total. The van der Waals surface area contributed by atoms with Crippen molar-refractivity contribution in [2.45, 2.75) is 32.2 Å². The van der Waals surface area contributed by atoms with Crippen LogP contribution in [0.15, 0.2) is 34.6 Å². The standard InChI is InChI=1S/C15H18N4S/c1-10-2-6-12(7-3-10)18-15(16)17-8-14-19-13(9-20-14)11-4-5-11/h2-3,6-7,9,11H,4-5,8H2,1H3,(H3,16,17,18). The number of thiazole rings is 1.